The second-order valence-electron chi connectivity index (χ2n) is 18.3. The second kappa shape index (κ2) is 18.8. The summed E-state index contributed by atoms with van der Waals surface area (Å²) < 4.78 is 0. The van der Waals surface area contributed by atoms with Gasteiger partial charge >= 0.3 is 0 Å². The lowest BCUT2D eigenvalue weighted by Crippen LogP contribution is -2.47. The molecule has 14 heteroatoms. The quantitative estimate of drug-likeness (QED) is 0.141. The van der Waals surface area contributed by atoms with E-state index in [1.54, 1.807) is 23.5 Å². The highest BCUT2D eigenvalue weighted by molar-refractivity contribution is 6.29. The number of aromatic nitrogens is 4. The molecule has 4 aliphatic carbocycles. The lowest BCUT2D eigenvalue weighted by molar-refractivity contribution is -0.139. The van der Waals surface area contributed by atoms with Crippen LogP contribution in [0.4, 0.5) is 11.6 Å². The average molecular weight is 846 g/mol. The Labute approximate surface area is 360 Å². The predicted molar refractivity (Wildman–Crippen MR) is 232 cm³/mol. The standard InChI is InChI=1S/C24H32ClN5O2.C21H30ClN5/c25-19-15-26-16-20(27-19)29-13-11-28(12-14-29)9-3-4-10-30-23(31)21-17-5-1-2-6-18(8-7-17)22(21)24(30)32;22-20-12-23-13-21(24-20)27-9-7-25(8-10-27)5-1-2-6-26-14-18-16-3-4-17(11-16)19(18)15-26/h15-17,21H,1-14H2;3-4,12-13,16-19H,1-2,5-11,14-15H2. The first kappa shape index (κ1) is 41.2. The molecule has 6 unspecified atom stereocenters. The topological polar surface area (TPSA) is 105 Å². The molecule has 0 radical (unpaired) electrons. The Kier molecular flexibility index (Phi) is 13.2. The van der Waals surface area contributed by atoms with Crippen LogP contribution in [0.5, 0.6) is 0 Å². The number of fused-ring (bicyclic) bond motifs is 5. The van der Waals surface area contributed by atoms with Crippen molar-refractivity contribution in [2.75, 3.05) is 101 Å². The Balaban J connectivity index is 0.000000154. The van der Waals surface area contributed by atoms with E-state index in [0.29, 0.717) is 22.8 Å². The Morgan fingerprint density at radius 1 is 0.610 bits per heavy atom. The molecule has 6 heterocycles. The van der Waals surface area contributed by atoms with E-state index in [9.17, 15) is 9.59 Å². The maximum atomic E-state index is 13.1. The van der Waals surface area contributed by atoms with Crippen LogP contribution in [0.2, 0.25) is 10.3 Å². The minimum Gasteiger partial charge on any atom is -0.353 e. The summed E-state index contributed by atoms with van der Waals surface area (Å²) in [4.78, 5) is 57.1. The van der Waals surface area contributed by atoms with Crippen LogP contribution in [0.15, 0.2) is 48.1 Å². The highest BCUT2D eigenvalue weighted by atomic mass is 35.5. The highest BCUT2D eigenvalue weighted by Crippen LogP contribution is 2.51. The highest BCUT2D eigenvalue weighted by Gasteiger charge is 2.50. The molecule has 12 nitrogen and oxygen atoms in total. The number of halogens is 2. The first-order valence-corrected chi connectivity index (χ1v) is 23.5. The molecular weight excluding hydrogens is 783 g/mol. The minimum absolute atomic E-state index is 0.0258. The van der Waals surface area contributed by atoms with Crippen molar-refractivity contribution in [1.29, 1.82) is 0 Å². The molecule has 0 spiro atoms. The van der Waals surface area contributed by atoms with Gasteiger partial charge in [0.05, 0.1) is 30.7 Å². The van der Waals surface area contributed by atoms with Crippen molar-refractivity contribution >= 4 is 46.7 Å². The molecule has 2 aromatic heterocycles. The van der Waals surface area contributed by atoms with Crippen LogP contribution in [0.3, 0.4) is 0 Å². The summed E-state index contributed by atoms with van der Waals surface area (Å²) in [7, 11) is 0. The van der Waals surface area contributed by atoms with Crippen molar-refractivity contribution in [3.05, 3.63) is 58.4 Å². The zero-order chi connectivity index (χ0) is 40.3. The molecule has 5 fully saturated rings. The molecule has 2 aromatic rings. The Bertz CT molecular complexity index is 1840. The van der Waals surface area contributed by atoms with Crippen molar-refractivity contribution in [1.82, 2.24) is 39.5 Å². The number of nitrogens with zero attached hydrogens (tertiary/aromatic N) is 10. The summed E-state index contributed by atoms with van der Waals surface area (Å²) >= 11 is 11.9. The van der Waals surface area contributed by atoms with Gasteiger partial charge in [0, 0.05) is 77.6 Å². The fourth-order valence-corrected chi connectivity index (χ4v) is 12.0. The summed E-state index contributed by atoms with van der Waals surface area (Å²) in [5.74, 6) is 5.88. The van der Waals surface area contributed by atoms with Crippen LogP contribution >= 0.6 is 23.2 Å². The van der Waals surface area contributed by atoms with Crippen LogP contribution in [0.1, 0.15) is 70.6 Å². The largest absolute Gasteiger partial charge is 0.353 e. The maximum absolute atomic E-state index is 13.1. The van der Waals surface area contributed by atoms with Gasteiger partial charge in [-0.3, -0.25) is 34.3 Å². The third-order valence-corrected chi connectivity index (χ3v) is 15.3. The number of allylic oxidation sites excluding steroid dienone is 3. The van der Waals surface area contributed by atoms with E-state index in [1.807, 2.05) is 6.20 Å². The lowest BCUT2D eigenvalue weighted by Gasteiger charge is -2.35. The van der Waals surface area contributed by atoms with Crippen LogP contribution in [0, 0.1) is 35.5 Å². The van der Waals surface area contributed by atoms with Crippen molar-refractivity contribution in [3.8, 4) is 0 Å². The van der Waals surface area contributed by atoms with E-state index in [0.717, 1.165) is 138 Å². The van der Waals surface area contributed by atoms with E-state index >= 15 is 0 Å². The number of carbonyl (C=O) groups is 2. The van der Waals surface area contributed by atoms with Gasteiger partial charge in [0.2, 0.25) is 5.91 Å². The molecule has 318 valence electrons. The smallest absolute Gasteiger partial charge is 0.257 e. The van der Waals surface area contributed by atoms with E-state index in [1.165, 1.54) is 63.9 Å². The summed E-state index contributed by atoms with van der Waals surface area (Å²) in [6.45, 7) is 14.8. The number of anilines is 2. The minimum atomic E-state index is -0.130. The van der Waals surface area contributed by atoms with Crippen LogP contribution in [-0.2, 0) is 9.59 Å². The zero-order valence-corrected chi connectivity index (χ0v) is 36.2. The first-order valence-electron chi connectivity index (χ1n) is 22.8. The number of piperazine rings is 2. The molecular formula is C45H62Cl2N10O2. The first-order chi connectivity index (χ1) is 28.9. The van der Waals surface area contributed by atoms with Gasteiger partial charge in [-0.1, -0.05) is 47.3 Å². The molecule has 0 N–H and O–H groups in total. The Morgan fingerprint density at radius 3 is 1.71 bits per heavy atom. The van der Waals surface area contributed by atoms with Crippen molar-refractivity contribution < 1.29 is 9.59 Å². The van der Waals surface area contributed by atoms with Gasteiger partial charge < -0.3 is 14.7 Å². The van der Waals surface area contributed by atoms with Crippen molar-refractivity contribution in [2.24, 2.45) is 35.5 Å². The van der Waals surface area contributed by atoms with E-state index in [4.69, 9.17) is 23.2 Å². The number of rotatable bonds is 12. The van der Waals surface area contributed by atoms with Gasteiger partial charge in [-0.2, -0.15) is 0 Å². The fourth-order valence-electron chi connectivity index (χ4n) is 11.7. The van der Waals surface area contributed by atoms with Gasteiger partial charge in [-0.15, -0.1) is 0 Å². The lowest BCUT2D eigenvalue weighted by atomic mass is 9.71. The van der Waals surface area contributed by atoms with Gasteiger partial charge in [0.15, 0.2) is 0 Å². The average Bonchev–Trinajstić information content (AvgIpc) is 4.02. The second-order valence-corrected chi connectivity index (χ2v) is 19.1. The maximum Gasteiger partial charge on any atom is 0.257 e. The van der Waals surface area contributed by atoms with Crippen LogP contribution in [0.25, 0.3) is 0 Å². The number of carbonyl (C=O) groups excluding carboxylic acids is 2. The summed E-state index contributed by atoms with van der Waals surface area (Å²) in [6, 6.07) is 0. The molecule has 1 saturated carbocycles. The number of likely N-dealkylation sites (tertiary alicyclic amines) is 2. The SMILES string of the molecule is Clc1cncc(N2CCN(CCCCN3CC4C5C=CC(C5)C4C3)CC2)n1.O=C1C2=C3CCCCC(CC3)C2C(=O)N1CCCCN1CCN(c2cncc(Cl)n2)CC1. The molecule has 8 aliphatic rings. The van der Waals surface area contributed by atoms with E-state index < -0.39 is 0 Å². The number of hydrogen-bond donors (Lipinski definition) is 0. The van der Waals surface area contributed by atoms with E-state index in [-0.39, 0.29) is 17.7 Å². The van der Waals surface area contributed by atoms with Crippen molar-refractivity contribution in [3.63, 3.8) is 0 Å². The van der Waals surface area contributed by atoms with Crippen LogP contribution < -0.4 is 9.80 Å². The Morgan fingerprint density at radius 2 is 1.15 bits per heavy atom. The number of imide groups is 1. The molecule has 6 atom stereocenters. The molecule has 2 amide bonds. The summed E-state index contributed by atoms with van der Waals surface area (Å²) in [6.07, 6.45) is 24.3. The summed E-state index contributed by atoms with van der Waals surface area (Å²) in [5.41, 5.74) is 2.18. The molecule has 59 heavy (non-hydrogen) atoms. The number of hydrogen-bond acceptors (Lipinski definition) is 11. The van der Waals surface area contributed by atoms with Gasteiger partial charge in [-0.25, -0.2) is 9.97 Å². The van der Waals surface area contributed by atoms with Gasteiger partial charge in [-0.05, 0) is 113 Å². The normalized spacial score (nSPS) is 29.6. The molecule has 10 rings (SSSR count). The predicted octanol–water partition coefficient (Wildman–Crippen LogP) is 6.08. The summed E-state index contributed by atoms with van der Waals surface area (Å²) in [5, 5.41) is 0.899. The fraction of sp³-hybridized carbons (Fsp3) is 0.689. The van der Waals surface area contributed by atoms with Gasteiger partial charge in [0.25, 0.3) is 5.91 Å². The number of unbranched alkanes of at least 4 members (excludes halogenated alkanes) is 2. The van der Waals surface area contributed by atoms with Crippen LogP contribution in [-0.4, -0.2) is 143 Å². The molecule has 0 aromatic carbocycles. The zero-order valence-electron chi connectivity index (χ0n) is 34.7. The number of amides is 2. The van der Waals surface area contributed by atoms with E-state index in [2.05, 4.69) is 56.6 Å². The third-order valence-electron chi connectivity index (χ3n) is 14.9. The van der Waals surface area contributed by atoms with Gasteiger partial charge in [0.1, 0.15) is 21.9 Å². The molecule has 4 bridgehead atoms. The van der Waals surface area contributed by atoms with Crippen molar-refractivity contribution in [2.45, 2.75) is 70.6 Å². The Hall–Kier alpha value is -3.16. The third kappa shape index (κ3) is 9.37. The monoisotopic (exact) mass is 844 g/mol. The molecule has 4 saturated heterocycles. The molecule has 4 aliphatic heterocycles.